The van der Waals surface area contributed by atoms with E-state index < -0.39 is 0 Å². The van der Waals surface area contributed by atoms with Crippen LogP contribution in [0.1, 0.15) is 12.0 Å². The molecule has 15 heavy (non-hydrogen) atoms. The Hall–Kier alpha value is -1.61. The van der Waals surface area contributed by atoms with Crippen molar-refractivity contribution < 1.29 is 0 Å². The third-order valence-corrected chi connectivity index (χ3v) is 4.22. The molecule has 3 heteroatoms. The Morgan fingerprint density at radius 1 is 1.13 bits per heavy atom. The van der Waals surface area contributed by atoms with Crippen molar-refractivity contribution in [2.24, 2.45) is 5.73 Å². The molecule has 1 aliphatic heterocycles. The molecule has 0 fully saturated rings. The van der Waals surface area contributed by atoms with Gasteiger partial charge in [-0.05, 0) is 39.7 Å². The molecule has 73 valence electrons. The topological polar surface area (TPSA) is 52.0 Å². The Morgan fingerprint density at radius 3 is 2.87 bits per heavy atom. The predicted molar refractivity (Wildman–Crippen MR) is 66.1 cm³/mol. The molecule has 0 amide bonds. The van der Waals surface area contributed by atoms with Gasteiger partial charge in [0.15, 0.2) is 0 Å². The lowest BCUT2D eigenvalue weighted by atomic mass is 9.96. The average Bonchev–Trinajstić information content (AvgIpc) is 2.53. The molecule has 1 radical (unpaired) electrons. The van der Waals surface area contributed by atoms with Crippen LogP contribution >= 0.6 is 0 Å². The minimum Gasteiger partial charge on any atom is -0.402 e. The fourth-order valence-electron chi connectivity index (χ4n) is 2.08. The molecule has 0 spiro atoms. The van der Waals surface area contributed by atoms with E-state index in [0.29, 0.717) is 0 Å². The first kappa shape index (κ1) is 8.68. The smallest absolute Gasteiger partial charge is 0.0653 e. The van der Waals surface area contributed by atoms with Gasteiger partial charge in [0.25, 0.3) is 0 Å². The molecule has 1 aromatic rings. The summed E-state index contributed by atoms with van der Waals surface area (Å²) in [5.74, 6) is 0. The van der Waals surface area contributed by atoms with Gasteiger partial charge in [-0.15, -0.1) is 0 Å². The molecule has 3 rings (SSSR count). The molecule has 2 nitrogen and oxygen atoms in total. The molecule has 1 aliphatic carbocycles. The minimum absolute atomic E-state index is 0.739. The van der Waals surface area contributed by atoms with Crippen LogP contribution in [0.15, 0.2) is 36.0 Å². The molecule has 0 saturated heterocycles. The Balaban J connectivity index is 2.19. The Bertz CT molecular complexity index is 539. The van der Waals surface area contributed by atoms with Gasteiger partial charge in [0, 0.05) is 17.8 Å². The molecule has 0 bridgehead atoms. The summed E-state index contributed by atoms with van der Waals surface area (Å²) in [6.07, 6.45) is 5.05. The maximum atomic E-state index is 5.83. The molecule has 2 aliphatic rings. The summed E-state index contributed by atoms with van der Waals surface area (Å²) in [7, 11) is 0.739. The maximum Gasteiger partial charge on any atom is 0.0653 e. The molecular formula is C12H11N2Si. The highest BCUT2D eigenvalue weighted by atomic mass is 28.2. The van der Waals surface area contributed by atoms with Crippen LogP contribution in [0.25, 0.3) is 5.57 Å². The van der Waals surface area contributed by atoms with Crippen LogP contribution in [-0.4, -0.2) is 14.3 Å². The van der Waals surface area contributed by atoms with Crippen molar-refractivity contribution in [2.45, 2.75) is 6.42 Å². The maximum absolute atomic E-state index is 5.83. The van der Waals surface area contributed by atoms with E-state index in [-0.39, 0.29) is 0 Å². The summed E-state index contributed by atoms with van der Waals surface area (Å²) in [5.41, 5.74) is 16.1. The van der Waals surface area contributed by atoms with Crippen LogP contribution in [0, 0.1) is 0 Å². The Kier molecular flexibility index (Phi) is 1.70. The minimum atomic E-state index is 0.739. The van der Waals surface area contributed by atoms with E-state index in [1.54, 1.807) is 0 Å². The van der Waals surface area contributed by atoms with Crippen LogP contribution in [0.4, 0.5) is 5.69 Å². The molecule has 0 atom stereocenters. The molecule has 1 heterocycles. The number of hydrogen-bond acceptors (Lipinski definition) is 2. The number of nitrogens with two attached hydrogens (primary N) is 2. The van der Waals surface area contributed by atoms with Gasteiger partial charge in [-0.1, -0.05) is 12.1 Å². The summed E-state index contributed by atoms with van der Waals surface area (Å²) in [5, 5.41) is 2.81. The number of rotatable bonds is 0. The van der Waals surface area contributed by atoms with E-state index in [0.717, 1.165) is 26.9 Å². The number of hydrogen-bond donors (Lipinski definition) is 2. The fourth-order valence-corrected chi connectivity index (χ4v) is 3.64. The van der Waals surface area contributed by atoms with Gasteiger partial charge in [-0.25, -0.2) is 0 Å². The second-order valence-electron chi connectivity index (χ2n) is 3.91. The zero-order valence-corrected chi connectivity index (χ0v) is 9.25. The first-order valence-corrected chi connectivity index (χ1v) is 5.93. The first-order valence-electron chi connectivity index (χ1n) is 4.93. The lowest BCUT2D eigenvalue weighted by Gasteiger charge is -2.12. The highest BCUT2D eigenvalue weighted by Crippen LogP contribution is 2.25. The molecule has 1 aromatic carbocycles. The van der Waals surface area contributed by atoms with Crippen molar-refractivity contribution in [3.05, 3.63) is 41.6 Å². The van der Waals surface area contributed by atoms with E-state index in [1.807, 2.05) is 12.1 Å². The lowest BCUT2D eigenvalue weighted by molar-refractivity contribution is 1.22. The van der Waals surface area contributed by atoms with Crippen molar-refractivity contribution in [1.82, 2.24) is 0 Å². The van der Waals surface area contributed by atoms with Crippen LogP contribution < -0.4 is 16.7 Å². The summed E-state index contributed by atoms with van der Waals surface area (Å²) < 4.78 is 0. The number of benzene rings is 1. The summed E-state index contributed by atoms with van der Waals surface area (Å²) in [4.78, 5) is 0. The fraction of sp³-hybridized carbons (Fsp3) is 0.0833. The SMILES string of the molecule is NC1=CC=C2C(=[Si]c3cc(N)ccc32)C1. The second kappa shape index (κ2) is 2.94. The zero-order valence-electron chi connectivity index (χ0n) is 8.25. The number of nitrogen functional groups attached to an aromatic ring is 1. The van der Waals surface area contributed by atoms with Crippen molar-refractivity contribution in [1.29, 1.82) is 0 Å². The summed E-state index contributed by atoms with van der Waals surface area (Å²) in [6, 6.07) is 6.16. The normalized spacial score (nSPS) is 17.5. The number of fused-ring (bicyclic) bond motifs is 3. The van der Waals surface area contributed by atoms with E-state index >= 15 is 0 Å². The van der Waals surface area contributed by atoms with Crippen LogP contribution in [0.5, 0.6) is 0 Å². The Labute approximate surface area is 90.7 Å². The number of anilines is 1. The third kappa shape index (κ3) is 1.27. The molecule has 0 saturated carbocycles. The lowest BCUT2D eigenvalue weighted by Crippen LogP contribution is -2.12. The van der Waals surface area contributed by atoms with Gasteiger partial charge in [0.05, 0.1) is 9.13 Å². The molecule has 0 aromatic heterocycles. The van der Waals surface area contributed by atoms with Crippen LogP contribution in [0.3, 0.4) is 0 Å². The summed E-state index contributed by atoms with van der Waals surface area (Å²) in [6.45, 7) is 0. The van der Waals surface area contributed by atoms with Crippen LogP contribution in [-0.2, 0) is 0 Å². The van der Waals surface area contributed by atoms with E-state index in [1.165, 1.54) is 21.5 Å². The third-order valence-electron chi connectivity index (χ3n) is 2.79. The van der Waals surface area contributed by atoms with Gasteiger partial charge >= 0.3 is 0 Å². The monoisotopic (exact) mass is 211 g/mol. The van der Waals surface area contributed by atoms with Crippen molar-refractivity contribution >= 4 is 30.7 Å². The largest absolute Gasteiger partial charge is 0.402 e. The van der Waals surface area contributed by atoms with Crippen molar-refractivity contribution in [3.8, 4) is 0 Å². The highest BCUT2D eigenvalue weighted by molar-refractivity contribution is 6.78. The van der Waals surface area contributed by atoms with Crippen molar-refractivity contribution in [2.75, 3.05) is 5.73 Å². The van der Waals surface area contributed by atoms with E-state index in [9.17, 15) is 0 Å². The quantitative estimate of drug-likeness (QED) is 0.482. The Morgan fingerprint density at radius 2 is 2.00 bits per heavy atom. The summed E-state index contributed by atoms with van der Waals surface area (Å²) >= 11 is 0. The standard InChI is InChI=1S/C12H11N2Si/c13-7-1-3-9-10-4-2-8(14)6-12(10)15-11(9)5-7/h1-5H,6,13-14H2. The molecule has 0 unspecified atom stereocenters. The van der Waals surface area contributed by atoms with Gasteiger partial charge in [0.2, 0.25) is 0 Å². The van der Waals surface area contributed by atoms with Gasteiger partial charge in [0.1, 0.15) is 0 Å². The van der Waals surface area contributed by atoms with Gasteiger partial charge in [-0.3, -0.25) is 0 Å². The van der Waals surface area contributed by atoms with Gasteiger partial charge in [-0.2, -0.15) is 0 Å². The first-order chi connectivity index (χ1) is 7.24. The predicted octanol–water partition coefficient (Wildman–Crippen LogP) is 0.414. The van der Waals surface area contributed by atoms with E-state index in [2.05, 4.69) is 18.2 Å². The van der Waals surface area contributed by atoms with Crippen LogP contribution in [0.2, 0.25) is 0 Å². The molecule has 4 N–H and O–H groups in total. The molecular weight excluding hydrogens is 200 g/mol. The average molecular weight is 211 g/mol. The van der Waals surface area contributed by atoms with E-state index in [4.69, 9.17) is 11.5 Å². The number of allylic oxidation sites excluding steroid dienone is 4. The van der Waals surface area contributed by atoms with Crippen molar-refractivity contribution in [3.63, 3.8) is 0 Å². The van der Waals surface area contributed by atoms with Gasteiger partial charge < -0.3 is 11.5 Å². The second-order valence-corrected chi connectivity index (χ2v) is 5.30. The highest BCUT2D eigenvalue weighted by Gasteiger charge is 2.20. The zero-order chi connectivity index (χ0) is 10.4.